The van der Waals surface area contributed by atoms with Gasteiger partial charge in [0.1, 0.15) is 0 Å². The van der Waals surface area contributed by atoms with Crippen molar-refractivity contribution in [1.82, 2.24) is 10.6 Å². The Labute approximate surface area is 140 Å². The molecule has 1 heterocycles. The predicted octanol–water partition coefficient (Wildman–Crippen LogP) is 2.75. The average molecular weight is 352 g/mol. The lowest BCUT2D eigenvalue weighted by molar-refractivity contribution is 0.238. The third kappa shape index (κ3) is 5.37. The lowest BCUT2D eigenvalue weighted by Crippen LogP contribution is -2.37. The lowest BCUT2D eigenvalue weighted by Gasteiger charge is -2.15. The first-order valence-electron chi connectivity index (χ1n) is 7.23. The Morgan fingerprint density at radius 1 is 1.22 bits per heavy atom. The predicted molar refractivity (Wildman–Crippen MR) is 92.5 cm³/mol. The fraction of sp³-hybridized carbons (Fsp3) is 0.312. The second kappa shape index (κ2) is 7.61. The van der Waals surface area contributed by atoms with E-state index in [4.69, 9.17) is 0 Å². The van der Waals surface area contributed by atoms with Crippen LogP contribution in [0.15, 0.2) is 46.7 Å². The monoisotopic (exact) mass is 352 g/mol. The van der Waals surface area contributed by atoms with Gasteiger partial charge in [0.25, 0.3) is 0 Å². The second-order valence-electron chi connectivity index (χ2n) is 5.29. The summed E-state index contributed by atoms with van der Waals surface area (Å²) in [6, 6.07) is 10.1. The standard InChI is InChI=1S/C16H20N2O3S2/c1-12(13-5-7-15(8-6-13)23(2,20)21)18-16(19)17-10-9-14-4-3-11-22-14/h3-8,11-12H,9-10H2,1-2H3,(H2,17,18,19)/t12-/m0/s1. The first-order chi connectivity index (χ1) is 10.9. The number of hydrogen-bond acceptors (Lipinski definition) is 4. The first kappa shape index (κ1) is 17.5. The molecule has 0 saturated carbocycles. The molecular weight excluding hydrogens is 332 g/mol. The molecule has 1 aromatic carbocycles. The van der Waals surface area contributed by atoms with E-state index < -0.39 is 9.84 Å². The summed E-state index contributed by atoms with van der Waals surface area (Å²) in [5, 5.41) is 7.67. The number of thiophene rings is 1. The Hall–Kier alpha value is -1.86. The molecule has 0 radical (unpaired) electrons. The second-order valence-corrected chi connectivity index (χ2v) is 8.34. The molecule has 1 atom stereocenters. The number of hydrogen-bond donors (Lipinski definition) is 2. The van der Waals surface area contributed by atoms with Crippen molar-refractivity contribution in [1.29, 1.82) is 0 Å². The Kier molecular flexibility index (Phi) is 5.79. The van der Waals surface area contributed by atoms with Gasteiger partial charge in [0, 0.05) is 17.7 Å². The molecule has 0 spiro atoms. The largest absolute Gasteiger partial charge is 0.338 e. The number of amides is 2. The topological polar surface area (TPSA) is 75.3 Å². The summed E-state index contributed by atoms with van der Waals surface area (Å²) in [6.45, 7) is 2.43. The Morgan fingerprint density at radius 2 is 1.91 bits per heavy atom. The molecule has 5 nitrogen and oxygen atoms in total. The molecule has 1 aromatic heterocycles. The van der Waals surface area contributed by atoms with Gasteiger partial charge in [0.15, 0.2) is 9.84 Å². The highest BCUT2D eigenvalue weighted by atomic mass is 32.2. The molecule has 0 aliphatic rings. The van der Waals surface area contributed by atoms with Crippen LogP contribution >= 0.6 is 11.3 Å². The van der Waals surface area contributed by atoms with Gasteiger partial charge in [-0.05, 0) is 42.5 Å². The number of sulfone groups is 1. The van der Waals surface area contributed by atoms with Crippen LogP contribution in [-0.4, -0.2) is 27.2 Å². The minimum atomic E-state index is -3.20. The molecule has 2 aromatic rings. The van der Waals surface area contributed by atoms with E-state index in [-0.39, 0.29) is 17.0 Å². The number of carbonyl (C=O) groups excluding carboxylic acids is 1. The Morgan fingerprint density at radius 3 is 2.48 bits per heavy atom. The molecule has 2 N–H and O–H groups in total. The van der Waals surface area contributed by atoms with Crippen molar-refractivity contribution in [3.8, 4) is 0 Å². The van der Waals surface area contributed by atoms with Crippen molar-refractivity contribution in [3.63, 3.8) is 0 Å². The first-order valence-corrected chi connectivity index (χ1v) is 10.00. The van der Waals surface area contributed by atoms with Gasteiger partial charge in [0.2, 0.25) is 0 Å². The maximum Gasteiger partial charge on any atom is 0.315 e. The van der Waals surface area contributed by atoms with Crippen LogP contribution in [0.5, 0.6) is 0 Å². The minimum Gasteiger partial charge on any atom is -0.338 e. The van der Waals surface area contributed by atoms with Crippen molar-refractivity contribution in [3.05, 3.63) is 52.2 Å². The molecule has 0 saturated heterocycles. The molecular formula is C16H20N2O3S2. The fourth-order valence-corrected chi connectivity index (χ4v) is 3.43. The summed E-state index contributed by atoms with van der Waals surface area (Å²) in [5.41, 5.74) is 0.853. The summed E-state index contributed by atoms with van der Waals surface area (Å²) >= 11 is 1.67. The van der Waals surface area contributed by atoms with E-state index in [1.165, 1.54) is 11.1 Å². The number of urea groups is 1. The smallest absolute Gasteiger partial charge is 0.315 e. The van der Waals surface area contributed by atoms with E-state index in [0.717, 1.165) is 12.0 Å². The molecule has 0 aliphatic carbocycles. The van der Waals surface area contributed by atoms with Crippen molar-refractivity contribution >= 4 is 27.2 Å². The maximum absolute atomic E-state index is 11.9. The quantitative estimate of drug-likeness (QED) is 0.839. The third-order valence-corrected chi connectivity index (χ3v) is 5.46. The van der Waals surface area contributed by atoms with Crippen LogP contribution in [-0.2, 0) is 16.3 Å². The zero-order chi connectivity index (χ0) is 16.9. The normalized spacial score (nSPS) is 12.6. The SMILES string of the molecule is C[C@H](NC(=O)NCCc1cccs1)c1ccc(S(C)(=O)=O)cc1. The van der Waals surface area contributed by atoms with Crippen molar-refractivity contribution < 1.29 is 13.2 Å². The van der Waals surface area contributed by atoms with Gasteiger partial charge in [-0.15, -0.1) is 11.3 Å². The zero-order valence-electron chi connectivity index (χ0n) is 13.1. The van der Waals surface area contributed by atoms with Crippen LogP contribution in [0.1, 0.15) is 23.4 Å². The lowest BCUT2D eigenvalue weighted by atomic mass is 10.1. The summed E-state index contributed by atoms with van der Waals surface area (Å²) < 4.78 is 22.9. The van der Waals surface area contributed by atoms with Crippen LogP contribution in [0.3, 0.4) is 0 Å². The van der Waals surface area contributed by atoms with Crippen molar-refractivity contribution in [2.24, 2.45) is 0 Å². The summed E-state index contributed by atoms with van der Waals surface area (Å²) in [4.78, 5) is 13.4. The molecule has 2 rings (SSSR count). The van der Waals surface area contributed by atoms with Crippen LogP contribution < -0.4 is 10.6 Å². The van der Waals surface area contributed by atoms with Crippen LogP contribution in [0, 0.1) is 0 Å². The zero-order valence-corrected chi connectivity index (χ0v) is 14.7. The van der Waals surface area contributed by atoms with E-state index in [0.29, 0.717) is 6.54 Å². The maximum atomic E-state index is 11.9. The van der Waals surface area contributed by atoms with Crippen LogP contribution in [0.25, 0.3) is 0 Å². The molecule has 0 fully saturated rings. The van der Waals surface area contributed by atoms with Gasteiger partial charge in [-0.1, -0.05) is 18.2 Å². The van der Waals surface area contributed by atoms with Gasteiger partial charge in [-0.2, -0.15) is 0 Å². The van der Waals surface area contributed by atoms with E-state index in [9.17, 15) is 13.2 Å². The fourth-order valence-electron chi connectivity index (χ4n) is 2.09. The van der Waals surface area contributed by atoms with Gasteiger partial charge < -0.3 is 10.6 Å². The van der Waals surface area contributed by atoms with E-state index in [1.54, 1.807) is 35.6 Å². The summed E-state index contributed by atoms with van der Waals surface area (Å²) in [5.74, 6) is 0. The molecule has 0 unspecified atom stereocenters. The molecule has 0 aliphatic heterocycles. The van der Waals surface area contributed by atoms with Gasteiger partial charge in [0.05, 0.1) is 10.9 Å². The minimum absolute atomic E-state index is 0.203. The summed E-state index contributed by atoms with van der Waals surface area (Å²) in [7, 11) is -3.20. The Bertz CT molecular complexity index is 738. The van der Waals surface area contributed by atoms with Crippen LogP contribution in [0.4, 0.5) is 4.79 Å². The van der Waals surface area contributed by atoms with Gasteiger partial charge in [-0.25, -0.2) is 13.2 Å². The number of benzene rings is 1. The molecule has 0 bridgehead atoms. The molecule has 124 valence electrons. The Balaban J connectivity index is 1.83. The number of nitrogens with one attached hydrogen (secondary N) is 2. The molecule has 7 heteroatoms. The van der Waals surface area contributed by atoms with Gasteiger partial charge in [-0.3, -0.25) is 0 Å². The van der Waals surface area contributed by atoms with E-state index in [1.807, 2.05) is 24.4 Å². The molecule has 2 amide bonds. The van der Waals surface area contributed by atoms with Crippen molar-refractivity contribution in [2.75, 3.05) is 12.8 Å². The third-order valence-electron chi connectivity index (χ3n) is 3.39. The van der Waals surface area contributed by atoms with E-state index >= 15 is 0 Å². The van der Waals surface area contributed by atoms with Gasteiger partial charge >= 0.3 is 6.03 Å². The highest BCUT2D eigenvalue weighted by Gasteiger charge is 2.11. The number of rotatable bonds is 6. The van der Waals surface area contributed by atoms with E-state index in [2.05, 4.69) is 10.6 Å². The van der Waals surface area contributed by atoms with Crippen molar-refractivity contribution in [2.45, 2.75) is 24.3 Å². The number of carbonyl (C=O) groups is 1. The summed E-state index contributed by atoms with van der Waals surface area (Å²) in [6.07, 6.45) is 1.98. The highest BCUT2D eigenvalue weighted by molar-refractivity contribution is 7.90. The van der Waals surface area contributed by atoms with Crippen LogP contribution in [0.2, 0.25) is 0 Å². The average Bonchev–Trinajstić information content (AvgIpc) is 2.99. The molecule has 23 heavy (non-hydrogen) atoms. The highest BCUT2D eigenvalue weighted by Crippen LogP contribution is 2.16.